The molecule has 0 spiro atoms. The molecular weight excluding hydrogens is 338 g/mol. The molecule has 0 aliphatic carbocycles. The number of carbonyl (C=O) groups excluding carboxylic acids is 1. The third-order valence-corrected chi connectivity index (χ3v) is 4.28. The Balaban J connectivity index is 1.44. The number of nitrogens with zero attached hydrogens (tertiary/aromatic N) is 1. The third-order valence-electron chi connectivity index (χ3n) is 4.04. The zero-order valence-corrected chi connectivity index (χ0v) is 14.7. The van der Waals surface area contributed by atoms with Crippen LogP contribution in [0.25, 0.3) is 0 Å². The Morgan fingerprint density at radius 1 is 1.20 bits per heavy atom. The molecule has 1 aliphatic heterocycles. The van der Waals surface area contributed by atoms with Crippen LogP contribution in [0.5, 0.6) is 0 Å². The average Bonchev–Trinajstić information content (AvgIpc) is 2.61. The number of anilines is 1. The van der Waals surface area contributed by atoms with Crippen LogP contribution in [0.2, 0.25) is 5.02 Å². The fraction of sp³-hybridized carbons (Fsp3) is 0.316. The number of urea groups is 1. The van der Waals surface area contributed by atoms with Crippen LogP contribution in [0.3, 0.4) is 0 Å². The number of halogens is 1. The number of ether oxygens (including phenoxy) is 1. The summed E-state index contributed by atoms with van der Waals surface area (Å²) in [6.45, 7) is 3.74. The summed E-state index contributed by atoms with van der Waals surface area (Å²) in [6.07, 6.45) is -0.0115. The molecule has 6 heteroatoms. The van der Waals surface area contributed by atoms with Crippen LogP contribution in [0.1, 0.15) is 5.56 Å². The van der Waals surface area contributed by atoms with Crippen molar-refractivity contribution < 1.29 is 9.53 Å². The minimum absolute atomic E-state index is 0.0115. The molecule has 25 heavy (non-hydrogen) atoms. The second-order valence-corrected chi connectivity index (χ2v) is 6.50. The van der Waals surface area contributed by atoms with Crippen molar-refractivity contribution >= 4 is 23.3 Å². The lowest BCUT2D eigenvalue weighted by Gasteiger charge is -2.33. The topological polar surface area (TPSA) is 53.6 Å². The van der Waals surface area contributed by atoms with Gasteiger partial charge >= 0.3 is 6.03 Å². The number of carbonyl (C=O) groups is 1. The molecule has 0 bridgehead atoms. The van der Waals surface area contributed by atoms with Crippen molar-refractivity contribution in [2.45, 2.75) is 12.6 Å². The van der Waals surface area contributed by atoms with Crippen molar-refractivity contribution in [3.05, 3.63) is 65.2 Å². The van der Waals surface area contributed by atoms with Crippen LogP contribution in [0, 0.1) is 0 Å². The Morgan fingerprint density at radius 2 is 2.04 bits per heavy atom. The first-order valence-corrected chi connectivity index (χ1v) is 8.75. The van der Waals surface area contributed by atoms with Gasteiger partial charge in [0.15, 0.2) is 0 Å². The van der Waals surface area contributed by atoms with Crippen LogP contribution >= 0.6 is 11.6 Å². The maximum Gasteiger partial charge on any atom is 0.319 e. The van der Waals surface area contributed by atoms with Crippen molar-refractivity contribution in [3.63, 3.8) is 0 Å². The normalized spacial score (nSPS) is 17.9. The molecule has 1 unspecified atom stereocenters. The van der Waals surface area contributed by atoms with Gasteiger partial charge in [-0.2, -0.15) is 0 Å². The summed E-state index contributed by atoms with van der Waals surface area (Å²) in [7, 11) is 0. The largest absolute Gasteiger partial charge is 0.374 e. The van der Waals surface area contributed by atoms with E-state index in [0.29, 0.717) is 23.9 Å². The van der Waals surface area contributed by atoms with Crippen LogP contribution in [0.15, 0.2) is 54.6 Å². The van der Waals surface area contributed by atoms with Crippen molar-refractivity contribution in [1.82, 2.24) is 10.2 Å². The summed E-state index contributed by atoms with van der Waals surface area (Å²) in [6, 6.07) is 17.2. The molecule has 1 heterocycles. The Kier molecular flexibility index (Phi) is 6.28. The Bertz CT molecular complexity index is 696. The highest BCUT2D eigenvalue weighted by atomic mass is 35.5. The lowest BCUT2D eigenvalue weighted by molar-refractivity contribution is -0.0285. The van der Waals surface area contributed by atoms with E-state index in [9.17, 15) is 4.79 Å². The number of benzene rings is 2. The highest BCUT2D eigenvalue weighted by Crippen LogP contribution is 2.14. The second kappa shape index (κ2) is 8.85. The van der Waals surface area contributed by atoms with Gasteiger partial charge in [0, 0.05) is 36.9 Å². The molecule has 3 rings (SSSR count). The predicted molar refractivity (Wildman–Crippen MR) is 99.9 cm³/mol. The van der Waals surface area contributed by atoms with Gasteiger partial charge in [0.2, 0.25) is 0 Å². The summed E-state index contributed by atoms with van der Waals surface area (Å²) in [5.41, 5.74) is 1.95. The fourth-order valence-corrected chi connectivity index (χ4v) is 3.03. The van der Waals surface area contributed by atoms with E-state index in [0.717, 1.165) is 19.6 Å². The molecule has 2 N–H and O–H groups in total. The third kappa shape index (κ3) is 5.74. The van der Waals surface area contributed by atoms with E-state index in [4.69, 9.17) is 16.3 Å². The van der Waals surface area contributed by atoms with Crippen molar-refractivity contribution in [2.75, 3.05) is 31.6 Å². The zero-order chi connectivity index (χ0) is 17.5. The molecule has 1 atom stereocenters. The monoisotopic (exact) mass is 359 g/mol. The first kappa shape index (κ1) is 17.7. The van der Waals surface area contributed by atoms with Gasteiger partial charge in [-0.25, -0.2) is 4.79 Å². The highest BCUT2D eigenvalue weighted by Gasteiger charge is 2.21. The summed E-state index contributed by atoms with van der Waals surface area (Å²) in [4.78, 5) is 14.4. The zero-order valence-electron chi connectivity index (χ0n) is 14.0. The molecule has 1 fully saturated rings. The van der Waals surface area contributed by atoms with Gasteiger partial charge in [0.25, 0.3) is 0 Å². The van der Waals surface area contributed by atoms with E-state index in [1.165, 1.54) is 5.56 Å². The standard InChI is InChI=1S/C19H22ClN3O2/c20-16-7-4-8-17(11-16)22-19(24)21-12-18-14-23(9-10-25-18)13-15-5-2-1-3-6-15/h1-8,11,18H,9-10,12-14H2,(H2,21,22,24). The first-order chi connectivity index (χ1) is 12.2. The average molecular weight is 360 g/mol. The van der Waals surface area contributed by atoms with Crippen molar-refractivity contribution in [3.8, 4) is 0 Å². The molecule has 0 aromatic heterocycles. The van der Waals surface area contributed by atoms with Gasteiger partial charge in [-0.15, -0.1) is 0 Å². The smallest absolute Gasteiger partial charge is 0.319 e. The minimum atomic E-state index is -0.258. The minimum Gasteiger partial charge on any atom is -0.374 e. The van der Waals surface area contributed by atoms with Crippen LogP contribution < -0.4 is 10.6 Å². The summed E-state index contributed by atoms with van der Waals surface area (Å²) >= 11 is 5.91. The maximum absolute atomic E-state index is 12.0. The molecule has 2 aromatic rings. The Hall–Kier alpha value is -2.08. The van der Waals surface area contributed by atoms with E-state index in [1.807, 2.05) is 6.07 Å². The molecule has 1 saturated heterocycles. The number of amides is 2. The molecule has 0 saturated carbocycles. The highest BCUT2D eigenvalue weighted by molar-refractivity contribution is 6.30. The maximum atomic E-state index is 12.0. The van der Waals surface area contributed by atoms with E-state index in [-0.39, 0.29) is 12.1 Å². The predicted octanol–water partition coefficient (Wildman–Crippen LogP) is 3.36. The van der Waals surface area contributed by atoms with E-state index in [1.54, 1.807) is 24.3 Å². The number of rotatable bonds is 5. The van der Waals surface area contributed by atoms with E-state index >= 15 is 0 Å². The van der Waals surface area contributed by atoms with Gasteiger partial charge in [-0.05, 0) is 23.8 Å². The van der Waals surface area contributed by atoms with Gasteiger partial charge < -0.3 is 15.4 Å². The quantitative estimate of drug-likeness (QED) is 0.860. The van der Waals surface area contributed by atoms with E-state index < -0.39 is 0 Å². The van der Waals surface area contributed by atoms with Crippen LogP contribution in [-0.2, 0) is 11.3 Å². The summed E-state index contributed by atoms with van der Waals surface area (Å²) < 4.78 is 5.76. The first-order valence-electron chi connectivity index (χ1n) is 8.37. The molecule has 2 aromatic carbocycles. The van der Waals surface area contributed by atoms with Crippen molar-refractivity contribution in [1.29, 1.82) is 0 Å². The lowest BCUT2D eigenvalue weighted by Crippen LogP contribution is -2.47. The Morgan fingerprint density at radius 3 is 2.84 bits per heavy atom. The lowest BCUT2D eigenvalue weighted by atomic mass is 10.2. The second-order valence-electron chi connectivity index (χ2n) is 6.06. The fourth-order valence-electron chi connectivity index (χ4n) is 2.84. The molecule has 2 amide bonds. The molecule has 0 radical (unpaired) electrons. The van der Waals surface area contributed by atoms with Gasteiger partial charge in [-0.1, -0.05) is 48.0 Å². The van der Waals surface area contributed by atoms with Crippen LogP contribution in [-0.4, -0.2) is 43.3 Å². The molecule has 132 valence electrons. The number of morpholine rings is 1. The number of hydrogen-bond acceptors (Lipinski definition) is 3. The molecule has 5 nitrogen and oxygen atoms in total. The van der Waals surface area contributed by atoms with Gasteiger partial charge in [-0.3, -0.25) is 4.90 Å². The van der Waals surface area contributed by atoms with Crippen molar-refractivity contribution in [2.24, 2.45) is 0 Å². The molecule has 1 aliphatic rings. The summed E-state index contributed by atoms with van der Waals surface area (Å²) in [5, 5.41) is 6.22. The Labute approximate surface area is 152 Å². The van der Waals surface area contributed by atoms with Crippen LogP contribution in [0.4, 0.5) is 10.5 Å². The summed E-state index contributed by atoms with van der Waals surface area (Å²) in [5.74, 6) is 0. The van der Waals surface area contributed by atoms with Gasteiger partial charge in [0.1, 0.15) is 0 Å². The van der Waals surface area contributed by atoms with Gasteiger partial charge in [0.05, 0.1) is 12.7 Å². The van der Waals surface area contributed by atoms with E-state index in [2.05, 4.69) is 39.8 Å². The molecular formula is C19H22ClN3O2. The number of nitrogens with one attached hydrogen (secondary N) is 2. The number of hydrogen-bond donors (Lipinski definition) is 2. The SMILES string of the molecule is O=C(NCC1CN(Cc2ccccc2)CCO1)Nc1cccc(Cl)c1.